The van der Waals surface area contributed by atoms with Crippen LogP contribution in [0.3, 0.4) is 0 Å². The molecule has 0 amide bonds. The second-order valence-corrected chi connectivity index (χ2v) is 6.15. The first kappa shape index (κ1) is 21.6. The lowest BCUT2D eigenvalue weighted by molar-refractivity contribution is -0.148. The number of rotatable bonds is 6. The van der Waals surface area contributed by atoms with E-state index in [0.717, 1.165) is 18.2 Å². The first-order chi connectivity index (χ1) is 13.0. The van der Waals surface area contributed by atoms with Crippen LogP contribution in [-0.4, -0.2) is 25.0 Å². The molecule has 150 valence electrons. The molecule has 0 saturated heterocycles. The van der Waals surface area contributed by atoms with Gasteiger partial charge in [0.15, 0.2) is 11.9 Å². The fourth-order valence-electron chi connectivity index (χ4n) is 2.25. The highest BCUT2D eigenvalue weighted by atomic mass is 35.5. The van der Waals surface area contributed by atoms with Crippen molar-refractivity contribution in [3.05, 3.63) is 52.5 Å². The molecule has 2 rings (SSSR count). The number of ether oxygens (including phenoxy) is 3. The summed E-state index contributed by atoms with van der Waals surface area (Å²) in [6.07, 6.45) is -5.52. The molecule has 0 aliphatic carbocycles. The summed E-state index contributed by atoms with van der Waals surface area (Å²) in [7, 11) is 1.19. The monoisotopic (exact) mass is 416 g/mol. The fraction of sp³-hybridized carbons (Fsp3) is 0.263. The van der Waals surface area contributed by atoms with Gasteiger partial charge >= 0.3 is 12.1 Å². The van der Waals surface area contributed by atoms with Gasteiger partial charge in [0, 0.05) is 6.07 Å². The molecule has 0 saturated carbocycles. The number of carbonyl (C=O) groups is 2. The van der Waals surface area contributed by atoms with Crippen molar-refractivity contribution >= 4 is 23.4 Å². The first-order valence-electron chi connectivity index (χ1n) is 7.97. The quantitative estimate of drug-likeness (QED) is 0.472. The third kappa shape index (κ3) is 5.16. The minimum Gasteiger partial charge on any atom is -0.478 e. The van der Waals surface area contributed by atoms with Crippen LogP contribution in [0.15, 0.2) is 36.4 Å². The van der Waals surface area contributed by atoms with Gasteiger partial charge in [-0.25, -0.2) is 4.79 Å². The summed E-state index contributed by atoms with van der Waals surface area (Å²) < 4.78 is 53.8. The maximum Gasteiger partial charge on any atom is 0.416 e. The number of ketones is 1. The Morgan fingerprint density at radius 1 is 1.07 bits per heavy atom. The number of esters is 1. The first-order valence-corrected chi connectivity index (χ1v) is 8.34. The van der Waals surface area contributed by atoms with Crippen molar-refractivity contribution < 1.29 is 37.0 Å². The second kappa shape index (κ2) is 8.52. The normalized spacial score (nSPS) is 12.2. The fourth-order valence-corrected chi connectivity index (χ4v) is 2.47. The standard InChI is InChI=1S/C19H16ClF3O5/c1-10(24)14-6-5-13(9-17(14)27-11(2)18(25)26-3)28-16-7-4-12(8-15(16)20)19(21,22)23/h4-9,11H,1-3H3. The van der Waals surface area contributed by atoms with E-state index in [9.17, 15) is 22.8 Å². The lowest BCUT2D eigenvalue weighted by Gasteiger charge is -2.16. The van der Waals surface area contributed by atoms with Crippen LogP contribution in [0.1, 0.15) is 29.8 Å². The molecule has 0 radical (unpaired) electrons. The van der Waals surface area contributed by atoms with Crippen LogP contribution in [0.2, 0.25) is 5.02 Å². The third-order valence-electron chi connectivity index (χ3n) is 3.66. The number of hydrogen-bond acceptors (Lipinski definition) is 5. The van der Waals surface area contributed by atoms with Gasteiger partial charge < -0.3 is 14.2 Å². The average molecular weight is 417 g/mol. The largest absolute Gasteiger partial charge is 0.478 e. The maximum absolute atomic E-state index is 12.7. The van der Waals surface area contributed by atoms with Gasteiger partial charge in [0.25, 0.3) is 0 Å². The van der Waals surface area contributed by atoms with E-state index in [1.807, 2.05) is 0 Å². The maximum atomic E-state index is 12.7. The van der Waals surface area contributed by atoms with Crippen molar-refractivity contribution in [2.45, 2.75) is 26.1 Å². The Hall–Kier alpha value is -2.74. The zero-order valence-electron chi connectivity index (χ0n) is 15.1. The number of carbonyl (C=O) groups excluding carboxylic acids is 2. The number of halogens is 4. The van der Waals surface area contributed by atoms with Gasteiger partial charge in [-0.1, -0.05) is 11.6 Å². The van der Waals surface area contributed by atoms with E-state index < -0.39 is 23.8 Å². The van der Waals surface area contributed by atoms with Crippen LogP contribution in [0, 0.1) is 0 Å². The molecule has 2 aromatic carbocycles. The van der Waals surface area contributed by atoms with E-state index in [1.54, 1.807) is 0 Å². The van der Waals surface area contributed by atoms with Crippen LogP contribution in [0.5, 0.6) is 17.2 Å². The molecular formula is C19H16ClF3O5. The summed E-state index contributed by atoms with van der Waals surface area (Å²) in [5, 5.41) is -0.240. The molecule has 9 heteroatoms. The van der Waals surface area contributed by atoms with Crippen LogP contribution in [0.25, 0.3) is 0 Å². The summed E-state index contributed by atoms with van der Waals surface area (Å²) in [5.74, 6) is -0.764. The second-order valence-electron chi connectivity index (χ2n) is 5.74. The van der Waals surface area contributed by atoms with Crippen LogP contribution in [0.4, 0.5) is 13.2 Å². The molecule has 28 heavy (non-hydrogen) atoms. The molecular weight excluding hydrogens is 401 g/mol. The predicted molar refractivity (Wildman–Crippen MR) is 95.1 cm³/mol. The number of Topliss-reactive ketones (excluding diaryl/α,β-unsaturated/α-hetero) is 1. The zero-order chi connectivity index (χ0) is 21.1. The summed E-state index contributed by atoms with van der Waals surface area (Å²) in [6.45, 7) is 2.76. The van der Waals surface area contributed by atoms with Gasteiger partial charge in [0.05, 0.1) is 23.3 Å². The molecule has 0 aliphatic rings. The average Bonchev–Trinajstić information content (AvgIpc) is 2.61. The number of hydrogen-bond donors (Lipinski definition) is 0. The molecule has 1 atom stereocenters. The third-order valence-corrected chi connectivity index (χ3v) is 3.95. The van der Waals surface area contributed by atoms with Gasteiger partial charge in [0.2, 0.25) is 0 Å². The van der Waals surface area contributed by atoms with Crippen molar-refractivity contribution in [3.63, 3.8) is 0 Å². The molecule has 0 fully saturated rings. The number of methoxy groups -OCH3 is 1. The SMILES string of the molecule is COC(=O)C(C)Oc1cc(Oc2ccc(C(F)(F)F)cc2Cl)ccc1C(C)=O. The Balaban J connectivity index is 2.33. The topological polar surface area (TPSA) is 61.8 Å². The Labute approximate surface area is 164 Å². The molecule has 0 spiro atoms. The van der Waals surface area contributed by atoms with Crippen molar-refractivity contribution in [2.75, 3.05) is 7.11 Å². The highest BCUT2D eigenvalue weighted by Crippen LogP contribution is 2.37. The van der Waals surface area contributed by atoms with E-state index >= 15 is 0 Å². The Morgan fingerprint density at radius 2 is 1.75 bits per heavy atom. The minimum atomic E-state index is -4.53. The Kier molecular flexibility index (Phi) is 6.56. The van der Waals surface area contributed by atoms with Gasteiger partial charge in [-0.15, -0.1) is 0 Å². The van der Waals surface area contributed by atoms with Crippen LogP contribution in [-0.2, 0) is 15.7 Å². The molecule has 0 N–H and O–H groups in total. The van der Waals surface area contributed by atoms with Gasteiger partial charge in [-0.05, 0) is 44.2 Å². The lowest BCUT2D eigenvalue weighted by Crippen LogP contribution is -2.25. The van der Waals surface area contributed by atoms with Crippen LogP contribution >= 0.6 is 11.6 Å². The van der Waals surface area contributed by atoms with Crippen molar-refractivity contribution in [3.8, 4) is 17.2 Å². The van der Waals surface area contributed by atoms with Crippen molar-refractivity contribution in [2.24, 2.45) is 0 Å². The summed E-state index contributed by atoms with van der Waals surface area (Å²) >= 11 is 5.88. The molecule has 0 heterocycles. The molecule has 1 unspecified atom stereocenters. The van der Waals surface area contributed by atoms with Gasteiger partial charge in [-0.3, -0.25) is 4.79 Å². The van der Waals surface area contributed by atoms with Crippen LogP contribution < -0.4 is 9.47 Å². The number of benzene rings is 2. The lowest BCUT2D eigenvalue weighted by atomic mass is 10.1. The smallest absolute Gasteiger partial charge is 0.416 e. The predicted octanol–water partition coefficient (Wildman–Crippen LogP) is 5.29. The van der Waals surface area contributed by atoms with Gasteiger partial charge in [-0.2, -0.15) is 13.2 Å². The summed E-state index contributed by atoms with van der Waals surface area (Å²) in [5.41, 5.74) is -0.714. The Bertz CT molecular complexity index is 896. The van der Waals surface area contributed by atoms with E-state index in [0.29, 0.717) is 0 Å². The molecule has 2 aromatic rings. The van der Waals surface area contributed by atoms with E-state index in [4.69, 9.17) is 21.1 Å². The van der Waals surface area contributed by atoms with E-state index in [-0.39, 0.29) is 33.6 Å². The Morgan fingerprint density at radius 3 is 2.29 bits per heavy atom. The molecule has 5 nitrogen and oxygen atoms in total. The van der Waals surface area contributed by atoms with E-state index in [1.165, 1.54) is 39.2 Å². The highest BCUT2D eigenvalue weighted by molar-refractivity contribution is 6.32. The molecule has 0 bridgehead atoms. The van der Waals surface area contributed by atoms with Gasteiger partial charge in [0.1, 0.15) is 17.2 Å². The zero-order valence-corrected chi connectivity index (χ0v) is 15.9. The summed E-state index contributed by atoms with van der Waals surface area (Å²) in [4.78, 5) is 23.3. The molecule has 0 aliphatic heterocycles. The van der Waals surface area contributed by atoms with Crippen molar-refractivity contribution in [1.82, 2.24) is 0 Å². The number of alkyl halides is 3. The highest BCUT2D eigenvalue weighted by Gasteiger charge is 2.31. The van der Waals surface area contributed by atoms with E-state index in [2.05, 4.69) is 4.74 Å². The summed E-state index contributed by atoms with van der Waals surface area (Å²) in [6, 6.07) is 6.85. The minimum absolute atomic E-state index is 0.0165. The molecule has 0 aromatic heterocycles. The van der Waals surface area contributed by atoms with Crippen molar-refractivity contribution in [1.29, 1.82) is 0 Å².